The lowest BCUT2D eigenvalue weighted by atomic mass is 10.1. The molecule has 138 valence electrons. The number of nitrogens with one attached hydrogen (secondary N) is 2. The fourth-order valence-electron chi connectivity index (χ4n) is 1.65. The Balaban J connectivity index is 4.79. The van der Waals surface area contributed by atoms with Crippen LogP contribution in [0.25, 0.3) is 0 Å². The molecule has 0 aromatic rings. The number of aliphatic carboxylic acids is 2. The first-order valence-electron chi connectivity index (χ1n) is 7.13. The first-order valence-corrected chi connectivity index (χ1v) is 9.16. The summed E-state index contributed by atoms with van der Waals surface area (Å²) in [5.74, 6) is -3.15. The standard InChI is InChI=1S/C13H23N3O6S2/c1-24-5-4-8(12(20)16-9(6-23)13(21)22)15-11(19)7(14)2-3-10(17)18/h7-9,23H,2-6,14H2,1H3,(H,15,19)(H,16,20)(H,17,18)(H,21,22). The van der Waals surface area contributed by atoms with E-state index in [0.29, 0.717) is 5.75 Å². The Bertz CT molecular complexity index is 463. The Morgan fingerprint density at radius 1 is 1.08 bits per heavy atom. The SMILES string of the molecule is CSCCC(NC(=O)C(N)CCC(=O)O)C(=O)NC(CS)C(=O)O. The van der Waals surface area contributed by atoms with E-state index in [2.05, 4.69) is 23.3 Å². The normalized spacial score (nSPS) is 14.3. The van der Waals surface area contributed by atoms with Crippen LogP contribution in [0.15, 0.2) is 0 Å². The Morgan fingerprint density at radius 2 is 1.67 bits per heavy atom. The fourth-order valence-corrected chi connectivity index (χ4v) is 2.37. The molecule has 0 bridgehead atoms. The molecule has 6 N–H and O–H groups in total. The van der Waals surface area contributed by atoms with Crippen molar-refractivity contribution in [2.24, 2.45) is 5.73 Å². The number of carboxylic acid groups (broad SMARTS) is 2. The van der Waals surface area contributed by atoms with Crippen LogP contribution in [0, 0.1) is 0 Å². The van der Waals surface area contributed by atoms with Gasteiger partial charge in [0.1, 0.15) is 12.1 Å². The minimum atomic E-state index is -1.23. The molecule has 0 radical (unpaired) electrons. The summed E-state index contributed by atoms with van der Waals surface area (Å²) in [5, 5.41) is 22.3. The van der Waals surface area contributed by atoms with Gasteiger partial charge in [-0.25, -0.2) is 4.79 Å². The number of rotatable bonds is 12. The lowest BCUT2D eigenvalue weighted by Gasteiger charge is -2.22. The molecule has 0 fully saturated rings. The van der Waals surface area contributed by atoms with Crippen LogP contribution in [-0.4, -0.2) is 69.9 Å². The molecular weight excluding hydrogens is 358 g/mol. The van der Waals surface area contributed by atoms with Crippen LogP contribution in [0.5, 0.6) is 0 Å². The fraction of sp³-hybridized carbons (Fsp3) is 0.692. The molecule has 0 aliphatic heterocycles. The number of carbonyl (C=O) groups is 4. The molecule has 0 aliphatic carbocycles. The van der Waals surface area contributed by atoms with E-state index in [1.165, 1.54) is 11.8 Å². The predicted octanol–water partition coefficient (Wildman–Crippen LogP) is -1.08. The maximum atomic E-state index is 12.2. The van der Waals surface area contributed by atoms with Gasteiger partial charge in [0.05, 0.1) is 6.04 Å². The number of hydrogen-bond donors (Lipinski definition) is 6. The molecule has 0 saturated carbocycles. The quantitative estimate of drug-likeness (QED) is 0.233. The zero-order chi connectivity index (χ0) is 18.7. The Morgan fingerprint density at radius 3 is 2.12 bits per heavy atom. The van der Waals surface area contributed by atoms with E-state index < -0.39 is 41.9 Å². The van der Waals surface area contributed by atoms with Gasteiger partial charge < -0.3 is 26.6 Å². The summed E-state index contributed by atoms with van der Waals surface area (Å²) < 4.78 is 0. The zero-order valence-electron chi connectivity index (χ0n) is 13.2. The Labute approximate surface area is 149 Å². The summed E-state index contributed by atoms with van der Waals surface area (Å²) in [6.45, 7) is 0. The molecule has 0 heterocycles. The monoisotopic (exact) mass is 381 g/mol. The zero-order valence-corrected chi connectivity index (χ0v) is 14.9. The van der Waals surface area contributed by atoms with Crippen molar-refractivity contribution in [2.45, 2.75) is 37.4 Å². The van der Waals surface area contributed by atoms with Gasteiger partial charge in [-0.3, -0.25) is 14.4 Å². The van der Waals surface area contributed by atoms with Crippen molar-refractivity contribution >= 4 is 48.1 Å². The Hall–Kier alpha value is -1.46. The molecule has 3 atom stereocenters. The molecule has 3 unspecified atom stereocenters. The van der Waals surface area contributed by atoms with Crippen LogP contribution in [0.4, 0.5) is 0 Å². The number of amides is 2. The van der Waals surface area contributed by atoms with Crippen molar-refractivity contribution < 1.29 is 29.4 Å². The van der Waals surface area contributed by atoms with Gasteiger partial charge in [0.2, 0.25) is 11.8 Å². The minimum Gasteiger partial charge on any atom is -0.481 e. The highest BCUT2D eigenvalue weighted by molar-refractivity contribution is 7.98. The second-order valence-corrected chi connectivity index (χ2v) is 6.31. The number of hydrogen-bond acceptors (Lipinski definition) is 7. The van der Waals surface area contributed by atoms with E-state index in [0.717, 1.165) is 0 Å². The molecule has 0 saturated heterocycles. The highest BCUT2D eigenvalue weighted by Crippen LogP contribution is 2.04. The maximum Gasteiger partial charge on any atom is 0.327 e. The number of nitrogens with two attached hydrogens (primary N) is 1. The topological polar surface area (TPSA) is 159 Å². The summed E-state index contributed by atoms with van der Waals surface area (Å²) in [5.41, 5.74) is 5.60. The highest BCUT2D eigenvalue weighted by atomic mass is 32.2. The third kappa shape index (κ3) is 8.99. The van der Waals surface area contributed by atoms with Crippen LogP contribution in [-0.2, 0) is 19.2 Å². The lowest BCUT2D eigenvalue weighted by molar-refractivity contribution is -0.141. The van der Waals surface area contributed by atoms with Crippen molar-refractivity contribution in [1.82, 2.24) is 10.6 Å². The van der Waals surface area contributed by atoms with Crippen molar-refractivity contribution in [3.05, 3.63) is 0 Å². The van der Waals surface area contributed by atoms with E-state index >= 15 is 0 Å². The molecule has 0 aromatic carbocycles. The average molecular weight is 381 g/mol. The number of carboxylic acids is 2. The largest absolute Gasteiger partial charge is 0.481 e. The van der Waals surface area contributed by atoms with E-state index in [4.69, 9.17) is 15.9 Å². The maximum absolute atomic E-state index is 12.2. The van der Waals surface area contributed by atoms with Crippen molar-refractivity contribution in [2.75, 3.05) is 17.8 Å². The summed E-state index contributed by atoms with van der Waals surface area (Å²) in [7, 11) is 0. The van der Waals surface area contributed by atoms with E-state index in [9.17, 15) is 19.2 Å². The van der Waals surface area contributed by atoms with Gasteiger partial charge in [0.25, 0.3) is 0 Å². The molecule has 0 spiro atoms. The molecule has 24 heavy (non-hydrogen) atoms. The highest BCUT2D eigenvalue weighted by Gasteiger charge is 2.27. The van der Waals surface area contributed by atoms with Gasteiger partial charge in [0.15, 0.2) is 0 Å². The van der Waals surface area contributed by atoms with E-state index in [-0.39, 0.29) is 25.0 Å². The van der Waals surface area contributed by atoms with Crippen LogP contribution in [0.2, 0.25) is 0 Å². The summed E-state index contributed by atoms with van der Waals surface area (Å²) in [6.07, 6.45) is 1.77. The second-order valence-electron chi connectivity index (χ2n) is 4.96. The first kappa shape index (κ1) is 22.5. The molecule has 0 aromatic heterocycles. The molecule has 0 aliphatic rings. The summed E-state index contributed by atoms with van der Waals surface area (Å²) >= 11 is 5.31. The van der Waals surface area contributed by atoms with E-state index in [1.54, 1.807) is 0 Å². The first-order chi connectivity index (χ1) is 11.2. The molecule has 0 rings (SSSR count). The number of carbonyl (C=O) groups excluding carboxylic acids is 2. The summed E-state index contributed by atoms with van der Waals surface area (Å²) in [4.78, 5) is 45.6. The van der Waals surface area contributed by atoms with E-state index in [1.807, 2.05) is 6.26 Å². The van der Waals surface area contributed by atoms with Crippen LogP contribution < -0.4 is 16.4 Å². The van der Waals surface area contributed by atoms with Gasteiger partial charge in [-0.2, -0.15) is 24.4 Å². The molecule has 2 amide bonds. The van der Waals surface area contributed by atoms with Gasteiger partial charge in [-0.15, -0.1) is 0 Å². The van der Waals surface area contributed by atoms with Crippen LogP contribution in [0.1, 0.15) is 19.3 Å². The lowest BCUT2D eigenvalue weighted by Crippen LogP contribution is -2.55. The third-order valence-corrected chi connectivity index (χ3v) is 4.06. The van der Waals surface area contributed by atoms with Crippen LogP contribution >= 0.6 is 24.4 Å². The van der Waals surface area contributed by atoms with Gasteiger partial charge in [0, 0.05) is 12.2 Å². The Kier molecular flexibility index (Phi) is 11.3. The number of thioether (sulfide) groups is 1. The minimum absolute atomic E-state index is 0.0631. The van der Waals surface area contributed by atoms with Crippen LogP contribution in [0.3, 0.4) is 0 Å². The number of thiol groups is 1. The van der Waals surface area contributed by atoms with Gasteiger partial charge in [-0.05, 0) is 24.9 Å². The predicted molar refractivity (Wildman–Crippen MR) is 93.2 cm³/mol. The van der Waals surface area contributed by atoms with Gasteiger partial charge >= 0.3 is 11.9 Å². The average Bonchev–Trinajstić information content (AvgIpc) is 2.52. The van der Waals surface area contributed by atoms with Crippen molar-refractivity contribution in [3.8, 4) is 0 Å². The summed E-state index contributed by atoms with van der Waals surface area (Å²) in [6, 6.07) is -3.19. The molecule has 11 heteroatoms. The van der Waals surface area contributed by atoms with Gasteiger partial charge in [-0.1, -0.05) is 0 Å². The second kappa shape index (κ2) is 12.0. The van der Waals surface area contributed by atoms with Crippen molar-refractivity contribution in [3.63, 3.8) is 0 Å². The van der Waals surface area contributed by atoms with Crippen molar-refractivity contribution in [1.29, 1.82) is 0 Å². The third-order valence-electron chi connectivity index (χ3n) is 3.05. The smallest absolute Gasteiger partial charge is 0.327 e. The molecule has 9 nitrogen and oxygen atoms in total. The molecular formula is C13H23N3O6S2.